The molecule has 1 aliphatic heterocycles. The summed E-state index contributed by atoms with van der Waals surface area (Å²) in [5.74, 6) is 0.0113. The lowest BCUT2D eigenvalue weighted by Gasteiger charge is -2.42. The molecule has 1 rings (SSSR count). The molecule has 3 heteroatoms. The lowest BCUT2D eigenvalue weighted by molar-refractivity contribution is -0.144. The normalized spacial score (nSPS) is 29.3. The van der Waals surface area contributed by atoms with Crippen LogP contribution in [-0.2, 0) is 4.79 Å². The number of rotatable bonds is 2. The highest BCUT2D eigenvalue weighted by molar-refractivity contribution is 5.85. The fraction of sp³-hybridized carbons (Fsp3) is 0.846. The van der Waals surface area contributed by atoms with E-state index in [-0.39, 0.29) is 18.0 Å². The number of carbonyl (C=O) groups is 1. The molecule has 1 saturated heterocycles. The molecular formula is C13H22N2O. The first-order valence-corrected chi connectivity index (χ1v) is 6.20. The molecule has 0 N–H and O–H groups in total. The van der Waals surface area contributed by atoms with Gasteiger partial charge in [-0.25, -0.2) is 0 Å². The minimum atomic E-state index is -0.847. The van der Waals surface area contributed by atoms with Crippen LogP contribution in [0.25, 0.3) is 0 Å². The van der Waals surface area contributed by atoms with Gasteiger partial charge in [-0.3, -0.25) is 4.79 Å². The van der Waals surface area contributed by atoms with Crippen LogP contribution in [0.4, 0.5) is 0 Å². The molecule has 1 amide bonds. The summed E-state index contributed by atoms with van der Waals surface area (Å²) in [7, 11) is 0. The second kappa shape index (κ2) is 4.86. The van der Waals surface area contributed by atoms with Crippen LogP contribution in [0.15, 0.2) is 0 Å². The first-order valence-electron chi connectivity index (χ1n) is 6.20. The van der Waals surface area contributed by atoms with E-state index >= 15 is 0 Å². The molecule has 3 nitrogen and oxygen atoms in total. The van der Waals surface area contributed by atoms with Gasteiger partial charge in [0.15, 0.2) is 0 Å². The Balaban J connectivity index is 2.91. The van der Waals surface area contributed by atoms with E-state index in [2.05, 4.69) is 19.9 Å². The Labute approximate surface area is 98.4 Å². The van der Waals surface area contributed by atoms with Gasteiger partial charge in [0.1, 0.15) is 5.41 Å². The van der Waals surface area contributed by atoms with E-state index in [1.165, 1.54) is 6.42 Å². The molecule has 0 saturated carbocycles. The number of nitrogens with zero attached hydrogens (tertiary/aromatic N) is 2. The molecular weight excluding hydrogens is 200 g/mol. The van der Waals surface area contributed by atoms with Crippen molar-refractivity contribution >= 4 is 5.91 Å². The summed E-state index contributed by atoms with van der Waals surface area (Å²) in [6.45, 7) is 7.83. The summed E-state index contributed by atoms with van der Waals surface area (Å²) in [5.41, 5.74) is -0.847. The topological polar surface area (TPSA) is 44.1 Å². The Kier molecular flexibility index (Phi) is 3.96. The first kappa shape index (κ1) is 13.0. The van der Waals surface area contributed by atoms with Gasteiger partial charge in [-0.2, -0.15) is 5.26 Å². The average molecular weight is 222 g/mol. The highest BCUT2D eigenvalue weighted by atomic mass is 16.2. The molecule has 0 spiro atoms. The van der Waals surface area contributed by atoms with Crippen molar-refractivity contribution in [1.29, 1.82) is 5.26 Å². The van der Waals surface area contributed by atoms with Gasteiger partial charge < -0.3 is 4.90 Å². The van der Waals surface area contributed by atoms with Gasteiger partial charge in [-0.1, -0.05) is 6.92 Å². The van der Waals surface area contributed by atoms with E-state index in [1.807, 2.05) is 11.8 Å². The highest BCUT2D eigenvalue weighted by Gasteiger charge is 2.40. The third-order valence-corrected chi connectivity index (χ3v) is 3.85. The van der Waals surface area contributed by atoms with Gasteiger partial charge in [0, 0.05) is 12.1 Å². The van der Waals surface area contributed by atoms with Crippen LogP contribution in [0.3, 0.4) is 0 Å². The molecule has 0 aromatic carbocycles. The molecule has 16 heavy (non-hydrogen) atoms. The van der Waals surface area contributed by atoms with Crippen molar-refractivity contribution in [2.75, 3.05) is 0 Å². The average Bonchev–Trinajstić information content (AvgIpc) is 2.27. The molecule has 1 aliphatic rings. The Morgan fingerprint density at radius 3 is 2.31 bits per heavy atom. The minimum Gasteiger partial charge on any atom is -0.336 e. The number of piperidine rings is 1. The zero-order chi connectivity index (χ0) is 12.3. The van der Waals surface area contributed by atoms with E-state index in [0.29, 0.717) is 6.42 Å². The first-order chi connectivity index (χ1) is 7.46. The summed E-state index contributed by atoms with van der Waals surface area (Å²) in [5, 5.41) is 9.16. The fourth-order valence-electron chi connectivity index (χ4n) is 2.38. The zero-order valence-corrected chi connectivity index (χ0v) is 10.8. The van der Waals surface area contributed by atoms with Crippen LogP contribution in [-0.4, -0.2) is 22.9 Å². The lowest BCUT2D eigenvalue weighted by atomic mass is 9.85. The molecule has 1 fully saturated rings. The molecule has 3 atom stereocenters. The lowest BCUT2D eigenvalue weighted by Crippen LogP contribution is -2.52. The Bertz CT molecular complexity index is 298. The summed E-state index contributed by atoms with van der Waals surface area (Å²) in [6.07, 6.45) is 3.88. The quantitative estimate of drug-likeness (QED) is 0.721. The Morgan fingerprint density at radius 2 is 1.94 bits per heavy atom. The fourth-order valence-corrected chi connectivity index (χ4v) is 2.38. The number of hydrogen-bond acceptors (Lipinski definition) is 2. The SMILES string of the molecule is CCC(C)(C#N)C(=O)N1C(C)CCCC1C. The van der Waals surface area contributed by atoms with Crippen LogP contribution in [0.1, 0.15) is 53.4 Å². The molecule has 3 unspecified atom stereocenters. The van der Waals surface area contributed by atoms with Crippen LogP contribution in [0.5, 0.6) is 0 Å². The van der Waals surface area contributed by atoms with Crippen LogP contribution >= 0.6 is 0 Å². The number of carbonyl (C=O) groups excluding carboxylic acids is 1. The van der Waals surface area contributed by atoms with Crippen molar-refractivity contribution in [2.45, 2.75) is 65.5 Å². The van der Waals surface area contributed by atoms with E-state index in [1.54, 1.807) is 6.92 Å². The van der Waals surface area contributed by atoms with Crippen molar-refractivity contribution < 1.29 is 4.79 Å². The second-order valence-electron chi connectivity index (χ2n) is 5.14. The monoisotopic (exact) mass is 222 g/mol. The molecule has 1 heterocycles. The standard InChI is InChI=1S/C13H22N2O/c1-5-13(4,9-14)12(16)15-10(2)7-6-8-11(15)3/h10-11H,5-8H2,1-4H3. The van der Waals surface area contributed by atoms with Crippen molar-refractivity contribution in [1.82, 2.24) is 4.90 Å². The maximum absolute atomic E-state index is 12.4. The van der Waals surface area contributed by atoms with Crippen LogP contribution < -0.4 is 0 Å². The summed E-state index contributed by atoms with van der Waals surface area (Å²) < 4.78 is 0. The van der Waals surface area contributed by atoms with Crippen molar-refractivity contribution in [3.05, 3.63) is 0 Å². The third-order valence-electron chi connectivity index (χ3n) is 3.85. The highest BCUT2D eigenvalue weighted by Crippen LogP contribution is 2.30. The summed E-state index contributed by atoms with van der Waals surface area (Å²) in [4.78, 5) is 14.3. The second-order valence-corrected chi connectivity index (χ2v) is 5.14. The van der Waals surface area contributed by atoms with Crippen molar-refractivity contribution in [3.63, 3.8) is 0 Å². The van der Waals surface area contributed by atoms with Crippen LogP contribution in [0, 0.1) is 16.7 Å². The number of nitriles is 1. The zero-order valence-electron chi connectivity index (χ0n) is 10.8. The van der Waals surface area contributed by atoms with E-state index in [0.717, 1.165) is 12.8 Å². The minimum absolute atomic E-state index is 0.0113. The number of likely N-dealkylation sites (tertiary alicyclic amines) is 1. The molecule has 90 valence electrons. The van der Waals surface area contributed by atoms with E-state index < -0.39 is 5.41 Å². The molecule has 0 aromatic heterocycles. The van der Waals surface area contributed by atoms with Gasteiger partial charge in [0.25, 0.3) is 0 Å². The van der Waals surface area contributed by atoms with Gasteiger partial charge in [0.05, 0.1) is 6.07 Å². The number of amides is 1. The molecule has 0 aromatic rings. The summed E-state index contributed by atoms with van der Waals surface area (Å²) in [6, 6.07) is 2.72. The van der Waals surface area contributed by atoms with Gasteiger partial charge >= 0.3 is 0 Å². The van der Waals surface area contributed by atoms with Gasteiger partial charge in [0.2, 0.25) is 5.91 Å². The molecule has 0 bridgehead atoms. The van der Waals surface area contributed by atoms with Crippen molar-refractivity contribution in [3.8, 4) is 6.07 Å². The van der Waals surface area contributed by atoms with Crippen molar-refractivity contribution in [2.24, 2.45) is 5.41 Å². The predicted octanol–water partition coefficient (Wildman–Crippen LogP) is 2.72. The smallest absolute Gasteiger partial charge is 0.243 e. The molecule has 0 aliphatic carbocycles. The summed E-state index contributed by atoms with van der Waals surface area (Å²) >= 11 is 0. The Morgan fingerprint density at radius 1 is 1.44 bits per heavy atom. The van der Waals surface area contributed by atoms with Crippen LogP contribution in [0.2, 0.25) is 0 Å². The predicted molar refractivity (Wildman–Crippen MR) is 63.6 cm³/mol. The third kappa shape index (κ3) is 2.21. The maximum atomic E-state index is 12.4. The molecule has 0 radical (unpaired) electrons. The van der Waals surface area contributed by atoms with E-state index in [4.69, 9.17) is 5.26 Å². The van der Waals surface area contributed by atoms with E-state index in [9.17, 15) is 4.79 Å². The van der Waals surface area contributed by atoms with Gasteiger partial charge in [-0.15, -0.1) is 0 Å². The maximum Gasteiger partial charge on any atom is 0.243 e. The Hall–Kier alpha value is -1.04. The largest absolute Gasteiger partial charge is 0.336 e. The number of hydrogen-bond donors (Lipinski definition) is 0. The van der Waals surface area contributed by atoms with Gasteiger partial charge in [-0.05, 0) is 46.5 Å².